The Bertz CT molecular complexity index is 145. The van der Waals surface area contributed by atoms with Crippen molar-refractivity contribution in [3.8, 4) is 5.97 Å². The summed E-state index contributed by atoms with van der Waals surface area (Å²) in [6, 6.07) is 0. The normalized spacial score (nSPS) is 15.2. The Labute approximate surface area is 54.1 Å². The van der Waals surface area contributed by atoms with Gasteiger partial charge in [0.15, 0.2) is 0 Å². The number of nitrogens with zero attached hydrogens (tertiary/aromatic N) is 1. The first-order valence-corrected chi connectivity index (χ1v) is 4.74. The van der Waals surface area contributed by atoms with Gasteiger partial charge in [-0.15, -0.1) is 0 Å². The number of rotatable bonds is 2. The summed E-state index contributed by atoms with van der Waals surface area (Å²) in [5.74, 6) is 1.38. The van der Waals surface area contributed by atoms with Gasteiger partial charge in [0, 0.05) is 0 Å². The molecule has 0 saturated carbocycles. The van der Waals surface area contributed by atoms with E-state index in [1.54, 1.807) is 0 Å². The van der Waals surface area contributed by atoms with E-state index in [0.29, 0.717) is 7.00 Å². The van der Waals surface area contributed by atoms with Crippen molar-refractivity contribution in [3.63, 3.8) is 0 Å². The Balaban J connectivity index is 4.16. The molecule has 0 fully saturated rings. The zero-order valence-corrected chi connectivity index (χ0v) is 5.91. The van der Waals surface area contributed by atoms with Crippen molar-refractivity contribution in [1.82, 2.24) is 0 Å². The van der Waals surface area contributed by atoms with Gasteiger partial charge in [-0.25, -0.2) is 0 Å². The van der Waals surface area contributed by atoms with Gasteiger partial charge in [-0.1, -0.05) is 0 Å². The molecule has 0 aromatic heterocycles. The molecule has 9 heavy (non-hydrogen) atoms. The molecule has 0 aromatic rings. The Morgan fingerprint density at radius 2 is 2.00 bits per heavy atom. The van der Waals surface area contributed by atoms with Crippen LogP contribution in [0.25, 0.3) is 0 Å². The summed E-state index contributed by atoms with van der Waals surface area (Å²) in [5.41, 5.74) is 0. The van der Waals surface area contributed by atoms with Crippen molar-refractivity contribution in [1.29, 1.82) is 5.26 Å². The molecular weight excluding hydrogens is 140 g/mol. The minimum atomic E-state index is -4.62. The van der Waals surface area contributed by atoms with E-state index in [-0.39, 0.29) is 6.16 Å². The van der Waals surface area contributed by atoms with Crippen LogP contribution in [0.1, 0.15) is 6.92 Å². The van der Waals surface area contributed by atoms with Crippen LogP contribution in [0.2, 0.25) is 0 Å². The molecule has 51 valence electrons. The van der Waals surface area contributed by atoms with Crippen LogP contribution in [-0.2, 0) is 0 Å². The van der Waals surface area contributed by atoms with E-state index in [2.05, 4.69) is 0 Å². The molecule has 0 aromatic carbocycles. The zero-order valence-electron chi connectivity index (χ0n) is 5.02. The zero-order chi connectivity index (χ0) is 7.57. The monoisotopic (exact) mass is 148 g/mol. The summed E-state index contributed by atoms with van der Waals surface area (Å²) in [6.45, 7) is 1.89. The minimum absolute atomic E-state index is 0.209. The van der Waals surface area contributed by atoms with E-state index >= 15 is 0 Å². The van der Waals surface area contributed by atoms with E-state index in [1.807, 2.05) is 0 Å². The van der Waals surface area contributed by atoms with Crippen molar-refractivity contribution in [2.75, 3.05) is 6.16 Å². The SMILES string of the molecule is CCP(O)(O)(O)[B]C#N. The summed E-state index contributed by atoms with van der Waals surface area (Å²) in [6.07, 6.45) is -0.209. The first kappa shape index (κ1) is 8.86. The first-order chi connectivity index (χ1) is 3.89. The fourth-order valence-corrected chi connectivity index (χ4v) is 0.629. The summed E-state index contributed by atoms with van der Waals surface area (Å²) in [5, 5.41) is 7.95. The van der Waals surface area contributed by atoms with E-state index in [9.17, 15) is 0 Å². The van der Waals surface area contributed by atoms with Crippen LogP contribution < -0.4 is 0 Å². The van der Waals surface area contributed by atoms with Gasteiger partial charge in [-0.2, -0.15) is 0 Å². The number of hydrogen-bond acceptors (Lipinski definition) is 4. The molecule has 0 saturated heterocycles. The molecule has 0 atom stereocenters. The molecule has 0 aliphatic heterocycles. The molecular formula is C3H8BNO3P. The predicted molar refractivity (Wildman–Crippen MR) is 35.5 cm³/mol. The van der Waals surface area contributed by atoms with Crippen LogP contribution in [0.3, 0.4) is 0 Å². The molecule has 0 amide bonds. The van der Waals surface area contributed by atoms with E-state index in [0.717, 1.165) is 0 Å². The topological polar surface area (TPSA) is 84.5 Å². The average Bonchev–Trinajstić information content (AvgIpc) is 1.66. The van der Waals surface area contributed by atoms with Crippen molar-refractivity contribution in [3.05, 3.63) is 0 Å². The van der Waals surface area contributed by atoms with Crippen LogP contribution in [0.4, 0.5) is 0 Å². The third kappa shape index (κ3) is 3.44. The van der Waals surface area contributed by atoms with E-state index in [1.165, 1.54) is 12.9 Å². The molecule has 1 radical (unpaired) electrons. The fraction of sp³-hybridized carbons (Fsp3) is 0.667. The molecule has 0 aliphatic carbocycles. The quantitative estimate of drug-likeness (QED) is 0.359. The van der Waals surface area contributed by atoms with Crippen molar-refractivity contribution < 1.29 is 14.7 Å². The van der Waals surface area contributed by atoms with Gasteiger partial charge in [0.2, 0.25) is 0 Å². The molecule has 0 spiro atoms. The Kier molecular flexibility index (Phi) is 2.21. The average molecular weight is 148 g/mol. The van der Waals surface area contributed by atoms with Crippen molar-refractivity contribution in [2.45, 2.75) is 6.92 Å². The summed E-state index contributed by atoms with van der Waals surface area (Å²) < 4.78 is 0. The fourth-order valence-electron chi connectivity index (χ4n) is 0.210. The van der Waals surface area contributed by atoms with Crippen LogP contribution >= 0.6 is 7.16 Å². The molecule has 3 N–H and O–H groups in total. The third-order valence-corrected chi connectivity index (χ3v) is 2.79. The van der Waals surface area contributed by atoms with Crippen molar-refractivity contribution in [2.24, 2.45) is 0 Å². The van der Waals surface area contributed by atoms with Gasteiger partial charge < -0.3 is 0 Å². The summed E-state index contributed by atoms with van der Waals surface area (Å²) in [7, 11) is -4.62. The predicted octanol–water partition coefficient (Wildman–Crippen LogP) is -0.618. The standard InChI is InChI=1S/C3H8BNO3P/c1-2-9(6,7,8)4-3-5/h6-8H,2H2,1H3. The molecule has 4 nitrogen and oxygen atoms in total. The molecule has 6 heteroatoms. The van der Waals surface area contributed by atoms with Gasteiger partial charge in [-0.05, 0) is 0 Å². The van der Waals surface area contributed by atoms with Gasteiger partial charge in [0.1, 0.15) is 0 Å². The van der Waals surface area contributed by atoms with Gasteiger partial charge in [-0.3, -0.25) is 0 Å². The molecule has 0 aliphatic rings. The summed E-state index contributed by atoms with van der Waals surface area (Å²) >= 11 is 0. The van der Waals surface area contributed by atoms with Crippen molar-refractivity contribution >= 4 is 14.2 Å². The van der Waals surface area contributed by atoms with Gasteiger partial charge in [0.05, 0.1) is 0 Å². The van der Waals surface area contributed by atoms with Crippen LogP contribution in [0, 0.1) is 11.2 Å². The maximum atomic E-state index is 8.75. The second-order valence-corrected chi connectivity index (χ2v) is 5.13. The van der Waals surface area contributed by atoms with E-state index < -0.39 is 7.16 Å². The number of nitriles is 1. The Hall–Kier alpha value is -0.135. The van der Waals surface area contributed by atoms with Crippen LogP contribution in [-0.4, -0.2) is 27.8 Å². The second kappa shape index (κ2) is 2.24. The second-order valence-electron chi connectivity index (χ2n) is 1.80. The van der Waals surface area contributed by atoms with Gasteiger partial charge in [0.25, 0.3) is 0 Å². The summed E-state index contributed by atoms with van der Waals surface area (Å²) in [4.78, 5) is 26.3. The van der Waals surface area contributed by atoms with Crippen LogP contribution in [0.5, 0.6) is 0 Å². The Morgan fingerprint density at radius 3 is 2.11 bits per heavy atom. The van der Waals surface area contributed by atoms with Gasteiger partial charge >= 0.3 is 53.2 Å². The molecule has 0 heterocycles. The molecule has 0 unspecified atom stereocenters. The third-order valence-electron chi connectivity index (χ3n) is 0.929. The van der Waals surface area contributed by atoms with Crippen LogP contribution in [0.15, 0.2) is 0 Å². The number of hydrogen-bond donors (Lipinski definition) is 3. The van der Waals surface area contributed by atoms with E-state index in [4.69, 9.17) is 19.9 Å². The molecule has 0 rings (SSSR count). The first-order valence-electron chi connectivity index (χ1n) is 2.39. The molecule has 0 bridgehead atoms. The Morgan fingerprint density at radius 1 is 1.56 bits per heavy atom. The maximum absolute atomic E-state index is 8.75.